The molecule has 8 nitrogen and oxygen atoms in total. The van der Waals surface area contributed by atoms with Gasteiger partial charge in [-0.25, -0.2) is 0 Å². The van der Waals surface area contributed by atoms with Gasteiger partial charge >= 0.3 is 0 Å². The molecule has 2 aromatic heterocycles. The number of hydrogen-bond donors (Lipinski definition) is 2. The lowest BCUT2D eigenvalue weighted by molar-refractivity contribution is -0.126. The van der Waals surface area contributed by atoms with Gasteiger partial charge in [-0.05, 0) is 45.6 Å². The van der Waals surface area contributed by atoms with Crippen LogP contribution in [-0.2, 0) is 11.3 Å². The topological polar surface area (TPSA) is 102 Å². The highest BCUT2D eigenvalue weighted by molar-refractivity contribution is 5.99. The molecule has 1 aliphatic rings. The Morgan fingerprint density at radius 3 is 2.63 bits per heavy atom. The summed E-state index contributed by atoms with van der Waals surface area (Å²) in [6.07, 6.45) is 4.94. The second kappa shape index (κ2) is 8.69. The van der Waals surface area contributed by atoms with Crippen molar-refractivity contribution in [3.63, 3.8) is 0 Å². The average molecular weight is 409 g/mol. The van der Waals surface area contributed by atoms with E-state index in [1.165, 1.54) is 0 Å². The van der Waals surface area contributed by atoms with Crippen molar-refractivity contribution in [1.82, 2.24) is 25.6 Å². The van der Waals surface area contributed by atoms with E-state index in [0.29, 0.717) is 18.8 Å². The first-order valence-electron chi connectivity index (χ1n) is 10.4. The lowest BCUT2D eigenvalue weighted by atomic mass is 9.85. The highest BCUT2D eigenvalue weighted by Gasteiger charge is 2.28. The molecule has 158 valence electrons. The molecule has 0 atom stereocenters. The molecule has 0 saturated heterocycles. The maximum atomic E-state index is 12.7. The van der Waals surface area contributed by atoms with Crippen LogP contribution in [-0.4, -0.2) is 39.4 Å². The molecule has 2 heterocycles. The van der Waals surface area contributed by atoms with E-state index in [1.54, 1.807) is 4.68 Å². The van der Waals surface area contributed by atoms with E-state index in [0.717, 1.165) is 47.9 Å². The molecule has 8 heteroatoms. The van der Waals surface area contributed by atoms with Crippen LogP contribution in [0.2, 0.25) is 0 Å². The first kappa shape index (κ1) is 20.1. The van der Waals surface area contributed by atoms with E-state index >= 15 is 0 Å². The van der Waals surface area contributed by atoms with Gasteiger partial charge < -0.3 is 15.1 Å². The van der Waals surface area contributed by atoms with Gasteiger partial charge in [-0.2, -0.15) is 0 Å². The fourth-order valence-electron chi connectivity index (χ4n) is 4.08. The van der Waals surface area contributed by atoms with Crippen LogP contribution in [0.1, 0.15) is 47.5 Å². The third-order valence-electron chi connectivity index (χ3n) is 5.78. The molecule has 1 fully saturated rings. The van der Waals surface area contributed by atoms with Crippen molar-refractivity contribution in [2.75, 3.05) is 6.54 Å². The summed E-state index contributed by atoms with van der Waals surface area (Å²) in [6, 6.07) is 7.72. The molecule has 4 rings (SSSR count). The predicted molar refractivity (Wildman–Crippen MR) is 112 cm³/mol. The van der Waals surface area contributed by atoms with Crippen LogP contribution < -0.4 is 10.6 Å². The SMILES string of the molecule is Cc1cn(CCNC(=O)C2CCC(NC(=O)c3oc4ccccc4c3C)CC2)nn1. The van der Waals surface area contributed by atoms with Crippen LogP contribution in [0.4, 0.5) is 0 Å². The standard InChI is InChI=1S/C22H27N5O3/c1-14-13-27(26-25-14)12-11-23-21(28)16-7-9-17(10-8-16)24-22(29)20-15(2)18-5-3-4-6-19(18)30-20/h3-6,13,16-17H,7-12H2,1-2H3,(H,23,28)(H,24,29). The number of hydrogen-bond acceptors (Lipinski definition) is 5. The Kier molecular flexibility index (Phi) is 5.83. The summed E-state index contributed by atoms with van der Waals surface area (Å²) in [5, 5.41) is 14.9. The number of carbonyl (C=O) groups is 2. The van der Waals surface area contributed by atoms with E-state index in [4.69, 9.17) is 4.42 Å². The smallest absolute Gasteiger partial charge is 0.287 e. The van der Waals surface area contributed by atoms with Crippen LogP contribution in [0.25, 0.3) is 11.0 Å². The quantitative estimate of drug-likeness (QED) is 0.652. The number of para-hydroxylation sites is 1. The molecule has 0 spiro atoms. The van der Waals surface area contributed by atoms with Gasteiger partial charge in [0.2, 0.25) is 5.91 Å². The fraction of sp³-hybridized carbons (Fsp3) is 0.455. The summed E-state index contributed by atoms with van der Waals surface area (Å²) < 4.78 is 7.48. The summed E-state index contributed by atoms with van der Waals surface area (Å²) in [5.74, 6) is 0.257. The van der Waals surface area contributed by atoms with Crippen molar-refractivity contribution in [1.29, 1.82) is 0 Å². The normalized spacial score (nSPS) is 19.0. The zero-order valence-corrected chi connectivity index (χ0v) is 17.4. The Morgan fingerprint density at radius 1 is 1.17 bits per heavy atom. The van der Waals surface area contributed by atoms with Crippen LogP contribution >= 0.6 is 0 Å². The third-order valence-corrected chi connectivity index (χ3v) is 5.78. The third kappa shape index (κ3) is 4.37. The lowest BCUT2D eigenvalue weighted by Crippen LogP contribution is -2.41. The number of nitrogens with zero attached hydrogens (tertiary/aromatic N) is 3. The summed E-state index contributed by atoms with van der Waals surface area (Å²) in [6.45, 7) is 4.93. The van der Waals surface area contributed by atoms with Crippen molar-refractivity contribution in [2.45, 2.75) is 52.1 Å². The van der Waals surface area contributed by atoms with Crippen molar-refractivity contribution in [2.24, 2.45) is 5.92 Å². The van der Waals surface area contributed by atoms with Crippen LogP contribution in [0.15, 0.2) is 34.9 Å². The fourth-order valence-corrected chi connectivity index (χ4v) is 4.08. The van der Waals surface area contributed by atoms with Gasteiger partial charge in [0, 0.05) is 35.7 Å². The van der Waals surface area contributed by atoms with Gasteiger partial charge in [-0.1, -0.05) is 23.4 Å². The number of aromatic nitrogens is 3. The minimum Gasteiger partial charge on any atom is -0.451 e. The zero-order chi connectivity index (χ0) is 21.1. The van der Waals surface area contributed by atoms with Gasteiger partial charge in [0.15, 0.2) is 5.76 Å². The first-order chi connectivity index (χ1) is 14.5. The molecule has 1 aromatic carbocycles. The van der Waals surface area contributed by atoms with Crippen molar-refractivity contribution in [3.8, 4) is 0 Å². The van der Waals surface area contributed by atoms with Crippen molar-refractivity contribution >= 4 is 22.8 Å². The summed E-state index contributed by atoms with van der Waals surface area (Å²) in [4.78, 5) is 25.1. The van der Waals surface area contributed by atoms with E-state index in [-0.39, 0.29) is 23.8 Å². The Hall–Kier alpha value is -3.16. The number of fused-ring (bicyclic) bond motifs is 1. The Balaban J connectivity index is 1.24. The summed E-state index contributed by atoms with van der Waals surface area (Å²) in [7, 11) is 0. The molecule has 0 bridgehead atoms. The van der Waals surface area contributed by atoms with E-state index in [9.17, 15) is 9.59 Å². The Morgan fingerprint density at radius 2 is 1.93 bits per heavy atom. The molecular weight excluding hydrogens is 382 g/mol. The average Bonchev–Trinajstić information content (AvgIpc) is 3.31. The van der Waals surface area contributed by atoms with Crippen molar-refractivity contribution in [3.05, 3.63) is 47.5 Å². The van der Waals surface area contributed by atoms with Gasteiger partial charge in [-0.3, -0.25) is 14.3 Å². The maximum Gasteiger partial charge on any atom is 0.287 e. The number of carbonyl (C=O) groups excluding carboxylic acids is 2. The van der Waals surface area contributed by atoms with Gasteiger partial charge in [0.05, 0.1) is 12.2 Å². The molecule has 0 aliphatic heterocycles. The maximum absolute atomic E-state index is 12.7. The number of furan rings is 1. The van der Waals surface area contributed by atoms with E-state index < -0.39 is 0 Å². The van der Waals surface area contributed by atoms with E-state index in [1.807, 2.05) is 44.3 Å². The Bertz CT molecular complexity index is 1050. The van der Waals surface area contributed by atoms with Crippen LogP contribution in [0.5, 0.6) is 0 Å². The van der Waals surface area contributed by atoms with E-state index in [2.05, 4.69) is 20.9 Å². The van der Waals surface area contributed by atoms with Gasteiger partial charge in [0.1, 0.15) is 5.58 Å². The monoisotopic (exact) mass is 409 g/mol. The molecule has 1 saturated carbocycles. The largest absolute Gasteiger partial charge is 0.451 e. The molecule has 0 radical (unpaired) electrons. The summed E-state index contributed by atoms with van der Waals surface area (Å²) in [5.41, 5.74) is 2.44. The highest BCUT2D eigenvalue weighted by atomic mass is 16.3. The number of nitrogens with one attached hydrogen (secondary N) is 2. The molecular formula is C22H27N5O3. The molecule has 3 aromatic rings. The molecule has 0 unspecified atom stereocenters. The second-order valence-corrected chi connectivity index (χ2v) is 7.99. The number of benzene rings is 1. The summed E-state index contributed by atoms with van der Waals surface area (Å²) >= 11 is 0. The zero-order valence-electron chi connectivity index (χ0n) is 17.4. The van der Waals surface area contributed by atoms with Gasteiger partial charge in [-0.15, -0.1) is 5.10 Å². The van der Waals surface area contributed by atoms with Crippen LogP contribution in [0.3, 0.4) is 0 Å². The first-order valence-corrected chi connectivity index (χ1v) is 10.4. The predicted octanol–water partition coefficient (Wildman–Crippen LogP) is 2.75. The Labute approximate surface area is 175 Å². The lowest BCUT2D eigenvalue weighted by Gasteiger charge is -2.28. The van der Waals surface area contributed by atoms with Gasteiger partial charge in [0.25, 0.3) is 5.91 Å². The molecule has 30 heavy (non-hydrogen) atoms. The minimum atomic E-state index is -0.181. The number of amides is 2. The minimum absolute atomic E-state index is 0.0106. The van der Waals surface area contributed by atoms with Crippen molar-refractivity contribution < 1.29 is 14.0 Å². The van der Waals surface area contributed by atoms with Crippen LogP contribution in [0, 0.1) is 19.8 Å². The number of aryl methyl sites for hydroxylation is 2. The molecule has 1 aliphatic carbocycles. The molecule has 2 N–H and O–H groups in total. The second-order valence-electron chi connectivity index (χ2n) is 7.99. The highest BCUT2D eigenvalue weighted by Crippen LogP contribution is 2.27. The molecule has 2 amide bonds. The number of rotatable bonds is 6.